The molecule has 3 aromatic rings. The lowest BCUT2D eigenvalue weighted by Crippen LogP contribution is -2.30. The molecule has 0 aliphatic rings. The Morgan fingerprint density at radius 2 is 1.80 bits per heavy atom. The van der Waals surface area contributed by atoms with E-state index < -0.39 is 22.9 Å². The van der Waals surface area contributed by atoms with Gasteiger partial charge in [-0.1, -0.05) is 41.9 Å². The van der Waals surface area contributed by atoms with Gasteiger partial charge in [0.1, 0.15) is 11.4 Å². The average molecular weight is 360 g/mol. The van der Waals surface area contributed by atoms with E-state index in [1.54, 1.807) is 30.3 Å². The second-order valence-electron chi connectivity index (χ2n) is 5.34. The Kier molecular flexibility index (Phi) is 4.37. The highest BCUT2D eigenvalue weighted by Crippen LogP contribution is 2.26. The van der Waals surface area contributed by atoms with Gasteiger partial charge in [-0.05, 0) is 18.2 Å². The number of pyridine rings is 1. The number of aromatic nitrogens is 1. The van der Waals surface area contributed by atoms with Gasteiger partial charge >= 0.3 is 5.97 Å². The summed E-state index contributed by atoms with van der Waals surface area (Å²) < 4.78 is 14.5. The summed E-state index contributed by atoms with van der Waals surface area (Å²) in [6.07, 6.45) is 0. The Hall–Kier alpha value is -2.99. The number of carbonyl (C=O) groups is 2. The van der Waals surface area contributed by atoms with E-state index >= 15 is 0 Å². The van der Waals surface area contributed by atoms with Crippen LogP contribution in [0.4, 0.5) is 4.39 Å². The van der Waals surface area contributed by atoms with Gasteiger partial charge in [0.15, 0.2) is 5.78 Å². The van der Waals surface area contributed by atoms with Crippen LogP contribution < -0.4 is 5.56 Å². The molecule has 2 aromatic carbocycles. The van der Waals surface area contributed by atoms with E-state index in [1.165, 1.54) is 6.07 Å². The molecule has 0 aliphatic heterocycles. The highest BCUT2D eigenvalue weighted by molar-refractivity contribution is 6.38. The van der Waals surface area contributed by atoms with Crippen LogP contribution in [-0.4, -0.2) is 21.4 Å². The van der Waals surface area contributed by atoms with E-state index in [1.807, 2.05) is 0 Å². The Morgan fingerprint density at radius 3 is 2.44 bits per heavy atom. The first-order valence-corrected chi connectivity index (χ1v) is 7.61. The van der Waals surface area contributed by atoms with Crippen LogP contribution in [0, 0.1) is 5.82 Å². The minimum Gasteiger partial charge on any atom is -0.477 e. The maximum absolute atomic E-state index is 13.5. The van der Waals surface area contributed by atoms with Crippen molar-refractivity contribution in [3.63, 3.8) is 0 Å². The van der Waals surface area contributed by atoms with E-state index in [4.69, 9.17) is 11.6 Å². The highest BCUT2D eigenvalue weighted by Gasteiger charge is 2.22. The fourth-order valence-electron chi connectivity index (χ4n) is 2.59. The number of carboxylic acid groups (broad SMARTS) is 1. The third-order valence-corrected chi connectivity index (χ3v) is 4.17. The van der Waals surface area contributed by atoms with Gasteiger partial charge in [0.25, 0.3) is 5.56 Å². The quantitative estimate of drug-likeness (QED) is 0.724. The molecular formula is C18H11ClFNO4. The summed E-state index contributed by atoms with van der Waals surface area (Å²) in [5.74, 6) is -2.56. The van der Waals surface area contributed by atoms with Crippen LogP contribution in [0.2, 0.25) is 5.02 Å². The van der Waals surface area contributed by atoms with Gasteiger partial charge in [-0.15, -0.1) is 0 Å². The van der Waals surface area contributed by atoms with Gasteiger partial charge < -0.3 is 5.11 Å². The summed E-state index contributed by atoms with van der Waals surface area (Å²) in [5, 5.41) is 8.98. The van der Waals surface area contributed by atoms with E-state index in [0.717, 1.165) is 16.7 Å². The smallest absolute Gasteiger partial charge is 0.342 e. The first kappa shape index (κ1) is 16.9. The Labute approximate surface area is 145 Å². The number of aromatic carboxylic acids is 1. The van der Waals surface area contributed by atoms with Crippen LogP contribution in [0.15, 0.2) is 53.3 Å². The van der Waals surface area contributed by atoms with Crippen LogP contribution in [0.1, 0.15) is 20.7 Å². The third kappa shape index (κ3) is 3.04. The molecule has 25 heavy (non-hydrogen) atoms. The highest BCUT2D eigenvalue weighted by atomic mass is 35.5. The van der Waals surface area contributed by atoms with Crippen molar-refractivity contribution in [3.05, 3.63) is 80.9 Å². The molecule has 0 atom stereocenters. The van der Waals surface area contributed by atoms with Crippen molar-refractivity contribution in [1.29, 1.82) is 0 Å². The summed E-state index contributed by atoms with van der Waals surface area (Å²) >= 11 is 5.99. The summed E-state index contributed by atoms with van der Waals surface area (Å²) in [4.78, 5) is 36.4. The number of carboxylic acids is 1. The number of fused-ring (bicyclic) bond motifs is 1. The predicted octanol–water partition coefficient (Wildman–Crippen LogP) is 3.38. The summed E-state index contributed by atoms with van der Waals surface area (Å²) in [7, 11) is 0. The lowest BCUT2D eigenvalue weighted by Gasteiger charge is -2.13. The molecule has 0 fully saturated rings. The maximum Gasteiger partial charge on any atom is 0.342 e. The van der Waals surface area contributed by atoms with Crippen molar-refractivity contribution in [2.24, 2.45) is 0 Å². The molecule has 0 amide bonds. The van der Waals surface area contributed by atoms with Gasteiger partial charge in [-0.3, -0.25) is 14.2 Å². The molecule has 0 saturated carbocycles. The van der Waals surface area contributed by atoms with Crippen LogP contribution in [0.25, 0.3) is 10.9 Å². The number of rotatable bonds is 4. The number of hydrogen-bond donors (Lipinski definition) is 1. The van der Waals surface area contributed by atoms with Gasteiger partial charge in [0.2, 0.25) is 0 Å². The van der Waals surface area contributed by atoms with Gasteiger partial charge in [0, 0.05) is 10.9 Å². The molecule has 0 bridgehead atoms. The number of Topliss-reactive ketones (excluding diaryl/α,β-unsaturated/α-hetero) is 1. The average Bonchev–Trinajstić information content (AvgIpc) is 2.59. The van der Waals surface area contributed by atoms with E-state index in [-0.39, 0.29) is 28.3 Å². The molecule has 1 N–H and O–H groups in total. The van der Waals surface area contributed by atoms with Crippen molar-refractivity contribution >= 4 is 34.3 Å². The molecule has 0 spiro atoms. The van der Waals surface area contributed by atoms with Gasteiger partial charge in [-0.25, -0.2) is 9.18 Å². The molecule has 1 heterocycles. The zero-order valence-electron chi connectivity index (χ0n) is 12.7. The topological polar surface area (TPSA) is 76.4 Å². The van der Waals surface area contributed by atoms with E-state index in [0.29, 0.717) is 5.56 Å². The van der Waals surface area contributed by atoms with Crippen LogP contribution in [0.3, 0.4) is 0 Å². The van der Waals surface area contributed by atoms with E-state index in [9.17, 15) is 23.9 Å². The SMILES string of the molecule is O=C(Cn1c(=O)c(C(=O)O)c(Cl)c2cc(F)ccc21)c1ccccc1. The normalized spacial score (nSPS) is 10.8. The molecule has 0 radical (unpaired) electrons. The van der Waals surface area contributed by atoms with Crippen molar-refractivity contribution in [2.45, 2.75) is 6.54 Å². The van der Waals surface area contributed by atoms with E-state index in [2.05, 4.69) is 0 Å². The number of halogens is 2. The maximum atomic E-state index is 13.5. The Bertz CT molecular complexity index is 1060. The molecule has 1 aromatic heterocycles. The standard InChI is InChI=1S/C18H11ClFNO4/c19-16-12-8-11(20)6-7-13(12)21(17(23)15(16)18(24)25)9-14(22)10-4-2-1-3-5-10/h1-8H,9H2,(H,24,25). The van der Waals surface area contributed by atoms with Crippen LogP contribution in [0.5, 0.6) is 0 Å². The number of nitrogens with zero attached hydrogens (tertiary/aromatic N) is 1. The zero-order valence-corrected chi connectivity index (χ0v) is 13.5. The summed E-state index contributed by atoms with van der Waals surface area (Å²) in [5.41, 5.74) is -1.05. The molecule has 126 valence electrons. The van der Waals surface area contributed by atoms with Crippen molar-refractivity contribution in [3.8, 4) is 0 Å². The molecule has 7 heteroatoms. The van der Waals surface area contributed by atoms with Crippen molar-refractivity contribution in [1.82, 2.24) is 4.57 Å². The first-order valence-electron chi connectivity index (χ1n) is 7.23. The summed E-state index contributed by atoms with van der Waals surface area (Å²) in [6.45, 7) is -0.386. The minimum atomic E-state index is -1.54. The summed E-state index contributed by atoms with van der Waals surface area (Å²) in [6, 6.07) is 11.7. The molecule has 5 nitrogen and oxygen atoms in total. The zero-order chi connectivity index (χ0) is 18.1. The number of benzene rings is 2. The second-order valence-corrected chi connectivity index (χ2v) is 5.71. The monoisotopic (exact) mass is 359 g/mol. The molecule has 0 saturated heterocycles. The molecular weight excluding hydrogens is 349 g/mol. The van der Waals surface area contributed by atoms with Crippen molar-refractivity contribution < 1.29 is 19.1 Å². The predicted molar refractivity (Wildman–Crippen MR) is 90.9 cm³/mol. The molecule has 0 aliphatic carbocycles. The molecule has 0 unspecified atom stereocenters. The third-order valence-electron chi connectivity index (χ3n) is 3.78. The number of hydrogen-bond acceptors (Lipinski definition) is 3. The molecule has 3 rings (SSSR count). The largest absolute Gasteiger partial charge is 0.477 e. The number of carbonyl (C=O) groups excluding carboxylic acids is 1. The second kappa shape index (κ2) is 6.49. The Morgan fingerprint density at radius 1 is 1.12 bits per heavy atom. The lowest BCUT2D eigenvalue weighted by molar-refractivity contribution is 0.0693. The number of ketones is 1. The van der Waals surface area contributed by atoms with Crippen LogP contribution in [-0.2, 0) is 6.54 Å². The van der Waals surface area contributed by atoms with Gasteiger partial charge in [-0.2, -0.15) is 0 Å². The lowest BCUT2D eigenvalue weighted by atomic mass is 10.1. The Balaban J connectivity index is 2.25. The fraction of sp³-hybridized carbons (Fsp3) is 0.0556. The first-order chi connectivity index (χ1) is 11.9. The fourth-order valence-corrected chi connectivity index (χ4v) is 2.91. The van der Waals surface area contributed by atoms with Crippen LogP contribution >= 0.6 is 11.6 Å². The van der Waals surface area contributed by atoms with Gasteiger partial charge in [0.05, 0.1) is 17.1 Å². The minimum absolute atomic E-state index is 0.0551. The van der Waals surface area contributed by atoms with Crippen molar-refractivity contribution in [2.75, 3.05) is 0 Å².